The Hall–Kier alpha value is -0.340. The molecule has 1 heterocycles. The first-order valence-corrected chi connectivity index (χ1v) is 2.89. The summed E-state index contributed by atoms with van der Waals surface area (Å²) in [7, 11) is 0. The Kier molecular flexibility index (Phi) is 1.65. The van der Waals surface area contributed by atoms with Crippen LogP contribution in [0, 0.1) is 0 Å². The first kappa shape index (κ1) is 5.79. The maximum absolute atomic E-state index is 8.82. The van der Waals surface area contributed by atoms with E-state index >= 15 is 0 Å². The van der Waals surface area contributed by atoms with Crippen molar-refractivity contribution in [3.05, 3.63) is 12.2 Å². The van der Waals surface area contributed by atoms with E-state index < -0.39 is 0 Å². The number of hydrogen-bond donors (Lipinski definition) is 1. The lowest BCUT2D eigenvalue weighted by Crippen LogP contribution is -2.26. The molecule has 1 fully saturated rings. The fourth-order valence-electron chi connectivity index (χ4n) is 0.811. The predicted octanol–water partition coefficient (Wildman–Crippen LogP) is 1.03. The minimum atomic E-state index is 0.763. The average molecular weight is 113 g/mol. The third kappa shape index (κ3) is 1.32. The largest absolute Gasteiger partial charge is 0.314 e. The zero-order valence-corrected chi connectivity index (χ0v) is 4.93. The van der Waals surface area contributed by atoms with Crippen LogP contribution in [0.2, 0.25) is 0 Å². The molecular weight excluding hydrogens is 102 g/mol. The molecule has 0 amide bonds. The second kappa shape index (κ2) is 2.29. The molecule has 1 saturated heterocycles. The van der Waals surface area contributed by atoms with Gasteiger partial charge in [0.25, 0.3) is 0 Å². The number of nitrogens with zero attached hydrogens (tertiary/aromatic N) is 1. The Morgan fingerprint density at radius 1 is 1.38 bits per heavy atom. The minimum Gasteiger partial charge on any atom is -0.314 e. The molecule has 2 heteroatoms. The number of rotatable bonds is 0. The van der Waals surface area contributed by atoms with Crippen molar-refractivity contribution in [3.63, 3.8) is 0 Å². The topological polar surface area (TPSA) is 23.5 Å². The molecule has 0 aromatic heterocycles. The molecule has 2 nitrogen and oxygen atoms in total. The van der Waals surface area contributed by atoms with Gasteiger partial charge < -0.3 is 5.21 Å². The maximum atomic E-state index is 8.82. The number of hydrogen-bond acceptors (Lipinski definition) is 2. The van der Waals surface area contributed by atoms with Gasteiger partial charge in [-0.15, -0.1) is 0 Å². The third-order valence-electron chi connectivity index (χ3n) is 1.45. The molecule has 0 aliphatic carbocycles. The first-order valence-electron chi connectivity index (χ1n) is 2.89. The van der Waals surface area contributed by atoms with Crippen molar-refractivity contribution < 1.29 is 5.21 Å². The van der Waals surface area contributed by atoms with Crippen LogP contribution in [-0.2, 0) is 0 Å². The zero-order valence-electron chi connectivity index (χ0n) is 4.93. The van der Waals surface area contributed by atoms with E-state index in [1.165, 1.54) is 10.6 Å². The Labute approximate surface area is 49.4 Å². The van der Waals surface area contributed by atoms with E-state index in [1.807, 2.05) is 0 Å². The van der Waals surface area contributed by atoms with Crippen molar-refractivity contribution in [1.29, 1.82) is 0 Å². The Bertz CT molecular complexity index is 90.7. The SMILES string of the molecule is C=C1CCN(O)CC1. The van der Waals surface area contributed by atoms with Crippen molar-refractivity contribution in [1.82, 2.24) is 5.06 Å². The summed E-state index contributed by atoms with van der Waals surface area (Å²) in [6.07, 6.45) is 1.91. The van der Waals surface area contributed by atoms with Crippen molar-refractivity contribution in [2.45, 2.75) is 12.8 Å². The summed E-state index contributed by atoms with van der Waals surface area (Å²) in [5, 5.41) is 10.2. The molecule has 1 rings (SSSR count). The van der Waals surface area contributed by atoms with E-state index in [2.05, 4.69) is 6.58 Å². The third-order valence-corrected chi connectivity index (χ3v) is 1.45. The lowest BCUT2D eigenvalue weighted by molar-refractivity contribution is -0.0958. The van der Waals surface area contributed by atoms with Crippen LogP contribution in [-0.4, -0.2) is 23.4 Å². The van der Waals surface area contributed by atoms with Crippen LogP contribution in [0.5, 0.6) is 0 Å². The molecule has 0 saturated carbocycles. The van der Waals surface area contributed by atoms with Crippen molar-refractivity contribution in [2.75, 3.05) is 13.1 Å². The highest BCUT2D eigenvalue weighted by atomic mass is 16.5. The summed E-state index contributed by atoms with van der Waals surface area (Å²) in [4.78, 5) is 0. The fourth-order valence-corrected chi connectivity index (χ4v) is 0.811. The zero-order chi connectivity index (χ0) is 5.98. The summed E-state index contributed by atoms with van der Waals surface area (Å²) < 4.78 is 0. The van der Waals surface area contributed by atoms with E-state index in [-0.39, 0.29) is 0 Å². The molecule has 0 bridgehead atoms. The smallest absolute Gasteiger partial charge is 0.0275 e. The monoisotopic (exact) mass is 113 g/mol. The van der Waals surface area contributed by atoms with Crippen LogP contribution in [0.25, 0.3) is 0 Å². The molecule has 8 heavy (non-hydrogen) atoms. The normalized spacial score (nSPS) is 23.9. The van der Waals surface area contributed by atoms with E-state index in [1.54, 1.807) is 0 Å². The van der Waals surface area contributed by atoms with Gasteiger partial charge in [0.2, 0.25) is 0 Å². The molecule has 0 aromatic rings. The highest BCUT2D eigenvalue weighted by Gasteiger charge is 2.07. The van der Waals surface area contributed by atoms with E-state index in [0.717, 1.165) is 25.9 Å². The van der Waals surface area contributed by atoms with Gasteiger partial charge >= 0.3 is 0 Å². The summed E-state index contributed by atoms with van der Waals surface area (Å²) in [5.41, 5.74) is 1.26. The standard InChI is InChI=1S/C6H11NO/c1-6-2-4-7(8)5-3-6/h8H,1-5H2. The van der Waals surface area contributed by atoms with Gasteiger partial charge in [0, 0.05) is 13.1 Å². The van der Waals surface area contributed by atoms with E-state index in [4.69, 9.17) is 5.21 Å². The van der Waals surface area contributed by atoms with E-state index in [9.17, 15) is 0 Å². The highest BCUT2D eigenvalue weighted by Crippen LogP contribution is 2.10. The van der Waals surface area contributed by atoms with Gasteiger partial charge in [-0.2, -0.15) is 5.06 Å². The van der Waals surface area contributed by atoms with Gasteiger partial charge in [0.15, 0.2) is 0 Å². The second-order valence-electron chi connectivity index (χ2n) is 2.20. The number of piperidine rings is 1. The first-order chi connectivity index (χ1) is 3.79. The molecule has 1 aliphatic heterocycles. The summed E-state index contributed by atoms with van der Waals surface area (Å²) in [6, 6.07) is 0. The van der Waals surface area contributed by atoms with Crippen LogP contribution in [0.3, 0.4) is 0 Å². The average Bonchev–Trinajstić information content (AvgIpc) is 1.77. The summed E-state index contributed by atoms with van der Waals surface area (Å²) in [6.45, 7) is 5.34. The molecule has 0 spiro atoms. The van der Waals surface area contributed by atoms with Crippen LogP contribution >= 0.6 is 0 Å². The summed E-state index contributed by atoms with van der Waals surface area (Å²) >= 11 is 0. The van der Waals surface area contributed by atoms with Gasteiger partial charge in [0.1, 0.15) is 0 Å². The van der Waals surface area contributed by atoms with Gasteiger partial charge in [-0.25, -0.2) is 0 Å². The van der Waals surface area contributed by atoms with Gasteiger partial charge in [-0.3, -0.25) is 0 Å². The predicted molar refractivity (Wildman–Crippen MR) is 31.7 cm³/mol. The molecule has 0 unspecified atom stereocenters. The van der Waals surface area contributed by atoms with Gasteiger partial charge in [-0.05, 0) is 12.8 Å². The number of hydroxylamine groups is 2. The molecular formula is C6H11NO. The maximum Gasteiger partial charge on any atom is 0.0275 e. The molecule has 1 aliphatic rings. The molecule has 1 N–H and O–H groups in total. The summed E-state index contributed by atoms with van der Waals surface area (Å²) in [5.74, 6) is 0. The van der Waals surface area contributed by atoms with Crippen LogP contribution in [0.1, 0.15) is 12.8 Å². The highest BCUT2D eigenvalue weighted by molar-refractivity contribution is 4.97. The van der Waals surface area contributed by atoms with Gasteiger partial charge in [-0.1, -0.05) is 12.2 Å². The second-order valence-corrected chi connectivity index (χ2v) is 2.20. The lowest BCUT2D eigenvalue weighted by Gasteiger charge is -2.20. The van der Waals surface area contributed by atoms with E-state index in [0.29, 0.717) is 0 Å². The quantitative estimate of drug-likeness (QED) is 0.474. The van der Waals surface area contributed by atoms with Crippen LogP contribution < -0.4 is 0 Å². The van der Waals surface area contributed by atoms with Crippen molar-refractivity contribution >= 4 is 0 Å². The molecule has 0 aromatic carbocycles. The Balaban J connectivity index is 2.29. The van der Waals surface area contributed by atoms with Crippen molar-refractivity contribution in [3.8, 4) is 0 Å². The molecule has 46 valence electrons. The minimum absolute atomic E-state index is 0.763. The van der Waals surface area contributed by atoms with Crippen LogP contribution in [0.15, 0.2) is 12.2 Å². The fraction of sp³-hybridized carbons (Fsp3) is 0.667. The van der Waals surface area contributed by atoms with Crippen molar-refractivity contribution in [2.24, 2.45) is 0 Å². The Morgan fingerprint density at radius 3 is 2.25 bits per heavy atom. The van der Waals surface area contributed by atoms with Gasteiger partial charge in [0.05, 0.1) is 0 Å². The van der Waals surface area contributed by atoms with Crippen LogP contribution in [0.4, 0.5) is 0 Å². The molecule has 0 radical (unpaired) electrons. The molecule has 0 atom stereocenters. The Morgan fingerprint density at radius 2 is 1.88 bits per heavy atom. The lowest BCUT2D eigenvalue weighted by atomic mass is 10.1.